The molecule has 0 bridgehead atoms. The fraction of sp³-hybridized carbons (Fsp3) is 0.286. The first-order valence-electron chi connectivity index (χ1n) is 8.35. The highest BCUT2D eigenvalue weighted by atomic mass is 16.7. The molecule has 1 aliphatic rings. The molecule has 3 nitrogen and oxygen atoms in total. The lowest BCUT2D eigenvalue weighted by Crippen LogP contribution is -2.38. The molecule has 0 N–H and O–H groups in total. The third-order valence-electron chi connectivity index (χ3n) is 4.25. The number of esters is 1. The molecule has 124 valence electrons. The van der Waals surface area contributed by atoms with Crippen LogP contribution in [0.1, 0.15) is 24.0 Å². The van der Waals surface area contributed by atoms with E-state index in [-0.39, 0.29) is 12.1 Å². The van der Waals surface area contributed by atoms with Crippen LogP contribution in [0.25, 0.3) is 0 Å². The van der Waals surface area contributed by atoms with Gasteiger partial charge in [-0.3, -0.25) is 0 Å². The highest BCUT2D eigenvalue weighted by molar-refractivity contribution is 5.89. The summed E-state index contributed by atoms with van der Waals surface area (Å²) < 4.78 is 11.3. The fourth-order valence-electron chi connectivity index (χ4n) is 2.86. The van der Waals surface area contributed by atoms with Gasteiger partial charge in [-0.15, -0.1) is 0 Å². The molecular weight excluding hydrogens is 300 g/mol. The van der Waals surface area contributed by atoms with Gasteiger partial charge >= 0.3 is 5.97 Å². The second-order valence-electron chi connectivity index (χ2n) is 6.03. The van der Waals surface area contributed by atoms with Crippen molar-refractivity contribution in [3.63, 3.8) is 0 Å². The molecule has 0 amide bonds. The molecule has 1 saturated heterocycles. The van der Waals surface area contributed by atoms with Crippen molar-refractivity contribution >= 4 is 5.97 Å². The third kappa shape index (κ3) is 4.33. The van der Waals surface area contributed by atoms with Crippen LogP contribution in [0.3, 0.4) is 0 Å². The maximum absolute atomic E-state index is 12.0. The zero-order chi connectivity index (χ0) is 16.8. The normalized spacial score (nSPS) is 20.7. The van der Waals surface area contributed by atoms with Crippen LogP contribution in [-0.2, 0) is 27.1 Å². The second kappa shape index (κ2) is 7.93. The minimum absolute atomic E-state index is 0.271. The summed E-state index contributed by atoms with van der Waals surface area (Å²) in [5, 5.41) is 0. The number of benzene rings is 2. The van der Waals surface area contributed by atoms with Crippen molar-refractivity contribution in [1.82, 2.24) is 0 Å². The van der Waals surface area contributed by atoms with Gasteiger partial charge in [0.05, 0.1) is 11.7 Å². The van der Waals surface area contributed by atoms with Gasteiger partial charge < -0.3 is 9.47 Å². The Morgan fingerprint density at radius 3 is 1.96 bits per heavy atom. The highest BCUT2D eigenvalue weighted by Crippen LogP contribution is 2.24. The largest absolute Gasteiger partial charge is 0.432 e. The van der Waals surface area contributed by atoms with Crippen molar-refractivity contribution in [3.8, 4) is 0 Å². The molecule has 0 radical (unpaired) electrons. The van der Waals surface area contributed by atoms with Crippen LogP contribution in [0.4, 0.5) is 0 Å². The van der Waals surface area contributed by atoms with E-state index in [9.17, 15) is 4.79 Å². The van der Waals surface area contributed by atoms with E-state index in [0.717, 1.165) is 19.3 Å². The molecule has 3 rings (SSSR count). The maximum Gasteiger partial charge on any atom is 0.338 e. The highest BCUT2D eigenvalue weighted by Gasteiger charge is 2.32. The topological polar surface area (TPSA) is 35.5 Å². The number of aryl methyl sites for hydroxylation is 2. The second-order valence-corrected chi connectivity index (χ2v) is 6.03. The lowest BCUT2D eigenvalue weighted by atomic mass is 10.0. The lowest BCUT2D eigenvalue weighted by molar-refractivity contribution is -0.202. The maximum atomic E-state index is 12.0. The summed E-state index contributed by atoms with van der Waals surface area (Å²) in [4.78, 5) is 12.0. The van der Waals surface area contributed by atoms with E-state index in [1.165, 1.54) is 11.1 Å². The molecule has 0 aromatic heterocycles. The van der Waals surface area contributed by atoms with Crippen LogP contribution in [0, 0.1) is 0 Å². The molecule has 2 aromatic rings. The average molecular weight is 322 g/mol. The number of cyclic esters (lactones) is 1. The van der Waals surface area contributed by atoms with Gasteiger partial charge in [0, 0.05) is 6.42 Å². The molecule has 1 aliphatic heterocycles. The fourth-order valence-corrected chi connectivity index (χ4v) is 2.86. The van der Waals surface area contributed by atoms with Gasteiger partial charge in [-0.1, -0.05) is 67.2 Å². The third-order valence-corrected chi connectivity index (χ3v) is 4.25. The van der Waals surface area contributed by atoms with Gasteiger partial charge in [0.25, 0.3) is 0 Å². The molecule has 1 fully saturated rings. The van der Waals surface area contributed by atoms with Crippen LogP contribution in [0.2, 0.25) is 0 Å². The first kappa shape index (κ1) is 16.5. The van der Waals surface area contributed by atoms with Crippen LogP contribution >= 0.6 is 0 Å². The molecular formula is C21H22O3. The monoisotopic (exact) mass is 322 g/mol. The smallest absolute Gasteiger partial charge is 0.338 e. The first-order chi connectivity index (χ1) is 11.7. The van der Waals surface area contributed by atoms with Crippen LogP contribution in [0.15, 0.2) is 72.8 Å². The lowest BCUT2D eigenvalue weighted by Gasteiger charge is -2.31. The summed E-state index contributed by atoms with van der Waals surface area (Å²) in [6, 6.07) is 20.3. The molecule has 0 aliphatic carbocycles. The Labute approximate surface area is 142 Å². The Hall–Kier alpha value is -2.39. The quantitative estimate of drug-likeness (QED) is 0.594. The molecule has 24 heavy (non-hydrogen) atoms. The standard InChI is InChI=1S/C21H22O3/c1-16-19(14-12-17-8-4-2-5-9-17)23-20(24-21(16)22)15-13-18-10-6-3-7-11-18/h2-11,19-20H,1,12-15H2/t19-,20-/m0/s1. The van der Waals surface area contributed by atoms with Gasteiger partial charge in [0.15, 0.2) is 0 Å². The van der Waals surface area contributed by atoms with E-state index in [1.807, 2.05) is 36.4 Å². The van der Waals surface area contributed by atoms with E-state index in [0.29, 0.717) is 12.0 Å². The van der Waals surface area contributed by atoms with Gasteiger partial charge in [0.2, 0.25) is 6.29 Å². The molecule has 3 heteroatoms. The van der Waals surface area contributed by atoms with Crippen LogP contribution in [-0.4, -0.2) is 18.4 Å². The number of hydrogen-bond donors (Lipinski definition) is 0. The zero-order valence-corrected chi connectivity index (χ0v) is 13.7. The molecule has 0 unspecified atom stereocenters. The number of carbonyl (C=O) groups excluding carboxylic acids is 1. The number of hydrogen-bond acceptors (Lipinski definition) is 3. The zero-order valence-electron chi connectivity index (χ0n) is 13.7. The summed E-state index contributed by atoms with van der Waals surface area (Å²) >= 11 is 0. The summed E-state index contributed by atoms with van der Waals surface area (Å²) in [5.41, 5.74) is 2.86. The summed E-state index contributed by atoms with van der Waals surface area (Å²) in [6.07, 6.45) is 2.29. The van der Waals surface area contributed by atoms with E-state index >= 15 is 0 Å². The molecule has 0 spiro atoms. The predicted molar refractivity (Wildman–Crippen MR) is 93.4 cm³/mol. The summed E-state index contributed by atoms with van der Waals surface area (Å²) in [6.45, 7) is 3.84. The SMILES string of the molecule is C=C1C(=O)O[C@@H](CCc2ccccc2)O[C@H]1CCc1ccccc1. The van der Waals surface area contributed by atoms with E-state index in [2.05, 4.69) is 30.8 Å². The van der Waals surface area contributed by atoms with Crippen LogP contribution in [0.5, 0.6) is 0 Å². The van der Waals surface area contributed by atoms with Crippen molar-refractivity contribution in [2.24, 2.45) is 0 Å². The van der Waals surface area contributed by atoms with Crippen molar-refractivity contribution in [2.75, 3.05) is 0 Å². The van der Waals surface area contributed by atoms with E-state index < -0.39 is 6.29 Å². The molecule has 1 heterocycles. The number of carbonyl (C=O) groups is 1. The number of ether oxygens (including phenoxy) is 2. The van der Waals surface area contributed by atoms with E-state index in [1.54, 1.807) is 0 Å². The van der Waals surface area contributed by atoms with Gasteiger partial charge in [-0.2, -0.15) is 0 Å². The Bertz CT molecular complexity index is 679. The van der Waals surface area contributed by atoms with Gasteiger partial charge in [-0.05, 0) is 30.4 Å². The molecule has 2 aromatic carbocycles. The molecule has 2 atom stereocenters. The minimum Gasteiger partial charge on any atom is -0.432 e. The van der Waals surface area contributed by atoms with Crippen molar-refractivity contribution in [1.29, 1.82) is 0 Å². The average Bonchev–Trinajstić information content (AvgIpc) is 2.63. The molecule has 0 saturated carbocycles. The van der Waals surface area contributed by atoms with E-state index in [4.69, 9.17) is 9.47 Å². The Morgan fingerprint density at radius 2 is 1.38 bits per heavy atom. The Balaban J connectivity index is 1.56. The van der Waals surface area contributed by atoms with Gasteiger partial charge in [0.1, 0.15) is 0 Å². The van der Waals surface area contributed by atoms with Crippen LogP contribution < -0.4 is 0 Å². The Morgan fingerprint density at radius 1 is 0.833 bits per heavy atom. The van der Waals surface area contributed by atoms with Crippen molar-refractivity contribution in [3.05, 3.63) is 83.9 Å². The number of rotatable bonds is 6. The Kier molecular flexibility index (Phi) is 5.44. The minimum atomic E-state index is -0.496. The predicted octanol–water partition coefficient (Wildman–Crippen LogP) is 4.08. The first-order valence-corrected chi connectivity index (χ1v) is 8.35. The van der Waals surface area contributed by atoms with Crippen molar-refractivity contribution < 1.29 is 14.3 Å². The van der Waals surface area contributed by atoms with Gasteiger partial charge in [-0.25, -0.2) is 4.79 Å². The van der Waals surface area contributed by atoms with Crippen molar-refractivity contribution in [2.45, 2.75) is 38.1 Å². The summed E-state index contributed by atoms with van der Waals surface area (Å²) in [5.74, 6) is -0.336. The summed E-state index contributed by atoms with van der Waals surface area (Å²) in [7, 11) is 0.